The van der Waals surface area contributed by atoms with E-state index in [9.17, 15) is 5.26 Å². The molecule has 1 unspecified atom stereocenters. The van der Waals surface area contributed by atoms with Crippen molar-refractivity contribution in [1.29, 1.82) is 5.26 Å². The van der Waals surface area contributed by atoms with Gasteiger partial charge in [0.2, 0.25) is 12.7 Å². The van der Waals surface area contributed by atoms with E-state index in [0.29, 0.717) is 28.6 Å². The van der Waals surface area contributed by atoms with E-state index in [1.807, 2.05) is 36.4 Å². The van der Waals surface area contributed by atoms with Gasteiger partial charge >= 0.3 is 0 Å². The standard InChI is InChI=1S/C21H16N2O4S/c1-24-12-3-5-18-13(7-12)20-15(9-28-18)19(14(8-22)21(23)27-20)11-2-4-16-17(6-11)26-10-25-16/h2-7,19H,9-10,23H2,1H3. The number of rotatable bonds is 2. The molecule has 5 rings (SSSR count). The number of benzene rings is 2. The van der Waals surface area contributed by atoms with Gasteiger partial charge in [-0.2, -0.15) is 5.26 Å². The lowest BCUT2D eigenvalue weighted by atomic mass is 9.82. The lowest BCUT2D eigenvalue weighted by Gasteiger charge is -2.32. The predicted octanol–water partition coefficient (Wildman–Crippen LogP) is 3.75. The van der Waals surface area contributed by atoms with Crippen LogP contribution >= 0.6 is 11.8 Å². The Hall–Kier alpha value is -3.24. The summed E-state index contributed by atoms with van der Waals surface area (Å²) in [5.74, 6) is 3.35. The van der Waals surface area contributed by atoms with E-state index >= 15 is 0 Å². The summed E-state index contributed by atoms with van der Waals surface area (Å²) in [6.07, 6.45) is 0. The van der Waals surface area contributed by atoms with Crippen LogP contribution in [-0.4, -0.2) is 19.7 Å². The zero-order valence-corrected chi connectivity index (χ0v) is 15.8. The number of fused-ring (bicyclic) bond motifs is 3. The number of thioether (sulfide) groups is 1. The Labute approximate surface area is 166 Å². The van der Waals surface area contributed by atoms with Gasteiger partial charge in [0.05, 0.1) is 13.0 Å². The molecular formula is C21H16N2O4S. The molecule has 0 spiro atoms. The molecule has 3 aliphatic heterocycles. The lowest BCUT2D eigenvalue weighted by molar-refractivity contribution is 0.174. The largest absolute Gasteiger partial charge is 0.497 e. The molecule has 2 N–H and O–H groups in total. The first-order chi connectivity index (χ1) is 13.7. The zero-order chi connectivity index (χ0) is 19.3. The molecule has 28 heavy (non-hydrogen) atoms. The van der Waals surface area contributed by atoms with E-state index in [2.05, 4.69) is 6.07 Å². The van der Waals surface area contributed by atoms with E-state index < -0.39 is 0 Å². The summed E-state index contributed by atoms with van der Waals surface area (Å²) in [6, 6.07) is 13.9. The molecule has 2 aromatic carbocycles. The molecule has 6 nitrogen and oxygen atoms in total. The Kier molecular flexibility index (Phi) is 3.88. The SMILES string of the molecule is COc1ccc2c(c1)C1=C(CS2)C(c2ccc3c(c2)OCO3)C(C#N)=C(N)O1. The molecule has 0 saturated heterocycles. The molecule has 2 aromatic rings. The Bertz CT molecular complexity index is 1100. The molecule has 0 aliphatic carbocycles. The van der Waals surface area contributed by atoms with E-state index in [1.165, 1.54) is 0 Å². The molecule has 0 aromatic heterocycles. The predicted molar refractivity (Wildman–Crippen MR) is 104 cm³/mol. The van der Waals surface area contributed by atoms with Gasteiger partial charge in [0, 0.05) is 16.2 Å². The minimum Gasteiger partial charge on any atom is -0.497 e. The Morgan fingerprint density at radius 1 is 1.18 bits per heavy atom. The summed E-state index contributed by atoms with van der Waals surface area (Å²) in [7, 11) is 1.63. The average Bonchev–Trinajstić information content (AvgIpc) is 3.20. The van der Waals surface area contributed by atoms with E-state index in [0.717, 1.165) is 27.3 Å². The molecule has 0 bridgehead atoms. The van der Waals surface area contributed by atoms with Crippen LogP contribution in [0.4, 0.5) is 0 Å². The fourth-order valence-electron chi connectivity index (χ4n) is 3.73. The molecule has 7 heteroatoms. The van der Waals surface area contributed by atoms with Gasteiger partial charge in [0.25, 0.3) is 0 Å². The highest BCUT2D eigenvalue weighted by molar-refractivity contribution is 7.99. The first-order valence-electron chi connectivity index (χ1n) is 8.71. The third-order valence-electron chi connectivity index (χ3n) is 5.07. The first kappa shape index (κ1) is 16.9. The summed E-state index contributed by atoms with van der Waals surface area (Å²) in [4.78, 5) is 1.09. The second-order valence-corrected chi connectivity index (χ2v) is 7.56. The minimum absolute atomic E-state index is 0.129. The Morgan fingerprint density at radius 2 is 2.04 bits per heavy atom. The van der Waals surface area contributed by atoms with Crippen molar-refractivity contribution in [2.24, 2.45) is 5.73 Å². The number of nitriles is 1. The summed E-state index contributed by atoms with van der Waals surface area (Å²) in [6.45, 7) is 0.201. The molecule has 3 heterocycles. The van der Waals surface area contributed by atoms with Crippen molar-refractivity contribution < 1.29 is 18.9 Å². The molecule has 0 saturated carbocycles. The van der Waals surface area contributed by atoms with Crippen LogP contribution in [0.15, 0.2) is 58.3 Å². The van der Waals surface area contributed by atoms with Gasteiger partial charge in [-0.3, -0.25) is 0 Å². The van der Waals surface area contributed by atoms with Gasteiger partial charge in [0.15, 0.2) is 11.5 Å². The van der Waals surface area contributed by atoms with Crippen LogP contribution in [0.25, 0.3) is 5.76 Å². The van der Waals surface area contributed by atoms with Gasteiger partial charge in [-0.25, -0.2) is 0 Å². The quantitative estimate of drug-likeness (QED) is 0.833. The summed E-state index contributed by atoms with van der Waals surface area (Å²) in [5, 5.41) is 9.78. The first-order valence-corrected chi connectivity index (χ1v) is 9.69. The highest BCUT2D eigenvalue weighted by atomic mass is 32.2. The maximum absolute atomic E-state index is 9.78. The van der Waals surface area contributed by atoms with Gasteiger partial charge < -0.3 is 24.7 Å². The number of methoxy groups -OCH3 is 1. The Balaban J connectivity index is 1.68. The maximum atomic E-state index is 9.78. The van der Waals surface area contributed by atoms with Crippen molar-refractivity contribution in [3.05, 3.63) is 64.6 Å². The molecular weight excluding hydrogens is 376 g/mol. The molecule has 1 atom stereocenters. The zero-order valence-electron chi connectivity index (χ0n) is 15.0. The van der Waals surface area contributed by atoms with Crippen LogP contribution in [-0.2, 0) is 4.74 Å². The fraction of sp³-hybridized carbons (Fsp3) is 0.190. The van der Waals surface area contributed by atoms with Gasteiger partial charge in [0.1, 0.15) is 23.2 Å². The lowest BCUT2D eigenvalue weighted by Crippen LogP contribution is -2.23. The van der Waals surface area contributed by atoms with Crippen LogP contribution in [0, 0.1) is 11.3 Å². The maximum Gasteiger partial charge on any atom is 0.231 e. The van der Waals surface area contributed by atoms with Crippen molar-refractivity contribution in [3.8, 4) is 23.3 Å². The monoisotopic (exact) mass is 392 g/mol. The van der Waals surface area contributed by atoms with Crippen LogP contribution in [0.3, 0.4) is 0 Å². The molecule has 0 radical (unpaired) electrons. The van der Waals surface area contributed by atoms with Crippen molar-refractivity contribution in [2.45, 2.75) is 10.8 Å². The number of allylic oxidation sites excluding steroid dienone is 1. The average molecular weight is 392 g/mol. The minimum atomic E-state index is -0.296. The molecule has 0 fully saturated rings. The fourth-order valence-corrected chi connectivity index (χ4v) is 4.81. The van der Waals surface area contributed by atoms with E-state index in [4.69, 9.17) is 24.7 Å². The summed E-state index contributed by atoms with van der Waals surface area (Å²) in [5.41, 5.74) is 9.44. The number of ether oxygens (including phenoxy) is 4. The molecule has 140 valence electrons. The van der Waals surface area contributed by atoms with Crippen molar-refractivity contribution in [2.75, 3.05) is 19.7 Å². The Morgan fingerprint density at radius 3 is 2.86 bits per heavy atom. The molecule has 3 aliphatic rings. The van der Waals surface area contributed by atoms with Gasteiger partial charge in [-0.15, -0.1) is 11.8 Å². The summed E-state index contributed by atoms with van der Waals surface area (Å²) >= 11 is 1.71. The second-order valence-electron chi connectivity index (χ2n) is 6.54. The third kappa shape index (κ3) is 2.49. The molecule has 0 amide bonds. The number of hydrogen-bond acceptors (Lipinski definition) is 7. The summed E-state index contributed by atoms with van der Waals surface area (Å²) < 4.78 is 22.3. The second kappa shape index (κ2) is 6.43. The number of nitrogens with zero attached hydrogens (tertiary/aromatic N) is 1. The topological polar surface area (TPSA) is 86.7 Å². The van der Waals surface area contributed by atoms with Crippen LogP contribution in [0.5, 0.6) is 17.2 Å². The highest BCUT2D eigenvalue weighted by Gasteiger charge is 2.37. The number of hydrogen-bond donors (Lipinski definition) is 1. The normalized spacial score (nSPS) is 19.5. The van der Waals surface area contributed by atoms with E-state index in [-0.39, 0.29) is 18.6 Å². The van der Waals surface area contributed by atoms with Crippen molar-refractivity contribution in [1.82, 2.24) is 0 Å². The van der Waals surface area contributed by atoms with Crippen LogP contribution in [0.1, 0.15) is 17.0 Å². The highest BCUT2D eigenvalue weighted by Crippen LogP contribution is 2.50. The van der Waals surface area contributed by atoms with Gasteiger partial charge in [-0.05, 0) is 41.5 Å². The number of nitrogens with two attached hydrogens (primary N) is 1. The van der Waals surface area contributed by atoms with Gasteiger partial charge in [-0.1, -0.05) is 6.07 Å². The van der Waals surface area contributed by atoms with Crippen molar-refractivity contribution in [3.63, 3.8) is 0 Å². The van der Waals surface area contributed by atoms with E-state index in [1.54, 1.807) is 18.9 Å². The van der Waals surface area contributed by atoms with Crippen LogP contribution < -0.4 is 19.9 Å². The van der Waals surface area contributed by atoms with Crippen LogP contribution in [0.2, 0.25) is 0 Å². The smallest absolute Gasteiger partial charge is 0.231 e. The third-order valence-corrected chi connectivity index (χ3v) is 6.19. The van der Waals surface area contributed by atoms with Crippen molar-refractivity contribution >= 4 is 17.5 Å².